The van der Waals surface area contributed by atoms with Crippen molar-refractivity contribution in [2.24, 2.45) is 5.92 Å². The molecule has 2 aliphatic carbocycles. The number of carbonyl (C=O) groups is 3. The molecule has 2 fully saturated rings. The topological polar surface area (TPSA) is 87.2 Å². The number of carboxylic acids is 1. The van der Waals surface area contributed by atoms with E-state index >= 15 is 0 Å². The molecule has 3 unspecified atom stereocenters. The summed E-state index contributed by atoms with van der Waals surface area (Å²) >= 11 is 0. The Bertz CT molecular complexity index is 1120. The molecule has 5 rings (SSSR count). The monoisotopic (exact) mass is 463 g/mol. The number of para-hydroxylation sites is 1. The predicted octanol–water partition coefficient (Wildman–Crippen LogP) is 4.91. The van der Waals surface area contributed by atoms with Gasteiger partial charge in [-0.3, -0.25) is 14.5 Å². The number of carbonyl (C=O) groups excluding carboxylic acids is 2. The molecule has 0 aromatic heterocycles. The second-order valence-electron chi connectivity index (χ2n) is 9.31. The molecule has 3 aliphatic rings. The number of anilines is 1. The largest absolute Gasteiger partial charge is 0.481 e. The van der Waals surface area contributed by atoms with Crippen LogP contribution in [0.4, 0.5) is 10.5 Å². The van der Waals surface area contributed by atoms with Gasteiger partial charge in [0.05, 0.1) is 19.5 Å². The summed E-state index contributed by atoms with van der Waals surface area (Å²) in [5.41, 5.74) is 2.10. The van der Waals surface area contributed by atoms with Crippen molar-refractivity contribution < 1.29 is 25.6 Å². The quantitative estimate of drug-likeness (QED) is 0.631. The van der Waals surface area contributed by atoms with Gasteiger partial charge in [0.25, 0.3) is 0 Å². The summed E-state index contributed by atoms with van der Waals surface area (Å²) in [6.07, 6.45) is 3.05. The zero-order chi connectivity index (χ0) is 24.6. The molecule has 1 heterocycles. The highest BCUT2D eigenvalue weighted by molar-refractivity contribution is 5.91. The summed E-state index contributed by atoms with van der Waals surface area (Å²) < 4.78 is 15.5. The molecular formula is C27H30N2O5. The molecule has 1 N–H and O–H groups in total. The molecule has 34 heavy (non-hydrogen) atoms. The Hall–Kier alpha value is -3.35. The molecule has 2 aromatic rings. The van der Waals surface area contributed by atoms with Crippen LogP contribution in [0.25, 0.3) is 0 Å². The Morgan fingerprint density at radius 3 is 2.47 bits per heavy atom. The molecule has 7 heteroatoms. The first-order chi connectivity index (χ1) is 16.9. The van der Waals surface area contributed by atoms with Crippen molar-refractivity contribution in [3.05, 3.63) is 65.7 Å². The highest BCUT2D eigenvalue weighted by Crippen LogP contribution is 2.52. The lowest BCUT2D eigenvalue weighted by Gasteiger charge is -2.47. The molecule has 0 radical (unpaired) electrons. The average molecular weight is 464 g/mol. The number of hydrogen-bond acceptors (Lipinski definition) is 4. The smallest absolute Gasteiger partial charge is 0.414 e. The minimum Gasteiger partial charge on any atom is -0.481 e. The van der Waals surface area contributed by atoms with E-state index in [9.17, 15) is 15.8 Å². The van der Waals surface area contributed by atoms with Gasteiger partial charge in [-0.1, -0.05) is 55.0 Å². The second kappa shape index (κ2) is 9.49. The van der Waals surface area contributed by atoms with Crippen molar-refractivity contribution >= 4 is 23.7 Å². The van der Waals surface area contributed by atoms with Gasteiger partial charge in [-0.05, 0) is 42.9 Å². The van der Waals surface area contributed by atoms with E-state index < -0.39 is 18.1 Å². The summed E-state index contributed by atoms with van der Waals surface area (Å²) in [6, 6.07) is 15.1. The summed E-state index contributed by atoms with van der Waals surface area (Å²) in [7, 11) is 0. The Labute approximate surface area is 200 Å². The molecule has 0 saturated heterocycles. The Kier molecular flexibility index (Phi) is 5.92. The van der Waals surface area contributed by atoms with E-state index in [4.69, 9.17) is 9.84 Å². The molecule has 1 aliphatic heterocycles. The van der Waals surface area contributed by atoms with Crippen molar-refractivity contribution in [2.45, 2.75) is 69.7 Å². The summed E-state index contributed by atoms with van der Waals surface area (Å²) in [4.78, 5) is 41.2. The number of carboxylic acid groups (broad SMARTS) is 1. The van der Waals surface area contributed by atoms with Crippen molar-refractivity contribution in [3.8, 4) is 0 Å². The van der Waals surface area contributed by atoms with Crippen LogP contribution in [0.2, 0.25) is 0 Å². The first kappa shape index (κ1) is 21.2. The van der Waals surface area contributed by atoms with Gasteiger partial charge < -0.3 is 14.7 Å². The molecule has 3 atom stereocenters. The number of amides is 2. The highest BCUT2D eigenvalue weighted by Gasteiger charge is 2.51. The number of hydrogen-bond donors (Lipinski definition) is 1. The molecule has 178 valence electrons. The van der Waals surface area contributed by atoms with Crippen LogP contribution >= 0.6 is 0 Å². The van der Waals surface area contributed by atoms with E-state index in [0.29, 0.717) is 17.7 Å². The molecule has 2 saturated carbocycles. The van der Waals surface area contributed by atoms with Crippen LogP contribution in [0.5, 0.6) is 0 Å². The average Bonchev–Trinajstić information content (AvgIpc) is 3.56. The van der Waals surface area contributed by atoms with Crippen LogP contribution in [0.3, 0.4) is 0 Å². The van der Waals surface area contributed by atoms with Crippen molar-refractivity contribution in [1.29, 1.82) is 0 Å². The SMILES string of the molecule is [2H]C1(N(C(=O)CCC(=O)O)C2CC2)c2ccccc2N(C(=O)OCc2ccccc2)C2CCCC21. The molecule has 2 amide bonds. The van der Waals surface area contributed by atoms with Gasteiger partial charge in [-0.15, -0.1) is 0 Å². The van der Waals surface area contributed by atoms with E-state index in [1.165, 1.54) is 0 Å². The minimum absolute atomic E-state index is 0.0697. The van der Waals surface area contributed by atoms with Gasteiger partial charge in [-0.25, -0.2) is 4.79 Å². The van der Waals surface area contributed by atoms with Crippen LogP contribution in [-0.2, 0) is 20.9 Å². The first-order valence-electron chi connectivity index (χ1n) is 12.5. The van der Waals surface area contributed by atoms with E-state index in [1.807, 2.05) is 54.6 Å². The number of nitrogens with zero attached hydrogens (tertiary/aromatic N) is 2. The molecule has 0 bridgehead atoms. The lowest BCUT2D eigenvalue weighted by atomic mass is 9.81. The van der Waals surface area contributed by atoms with Gasteiger partial charge in [0.15, 0.2) is 0 Å². The number of rotatable bonds is 7. The second-order valence-corrected chi connectivity index (χ2v) is 9.31. The normalized spacial score (nSPS) is 25.6. The zero-order valence-corrected chi connectivity index (χ0v) is 19.1. The number of aliphatic carboxylic acids is 1. The van der Waals surface area contributed by atoms with Crippen molar-refractivity contribution in [2.75, 3.05) is 4.90 Å². The highest BCUT2D eigenvalue weighted by atomic mass is 16.6. The third-order valence-electron chi connectivity index (χ3n) is 7.00. The summed E-state index contributed by atoms with van der Waals surface area (Å²) in [5.74, 6) is -1.61. The summed E-state index contributed by atoms with van der Waals surface area (Å²) in [6.45, 7) is 0.156. The van der Waals surface area contributed by atoms with Gasteiger partial charge in [0, 0.05) is 24.4 Å². The van der Waals surface area contributed by atoms with Crippen LogP contribution < -0.4 is 4.90 Å². The Balaban J connectivity index is 1.50. The van der Waals surface area contributed by atoms with Crippen LogP contribution in [0.15, 0.2) is 54.6 Å². The maximum absolute atomic E-state index is 13.4. The molecular weight excluding hydrogens is 432 g/mol. The van der Waals surface area contributed by atoms with Gasteiger partial charge in [-0.2, -0.15) is 0 Å². The number of fused-ring (bicyclic) bond motifs is 2. The van der Waals surface area contributed by atoms with E-state index in [1.54, 1.807) is 9.80 Å². The third kappa shape index (κ3) is 4.39. The van der Waals surface area contributed by atoms with Crippen LogP contribution in [-0.4, -0.2) is 40.1 Å². The van der Waals surface area contributed by atoms with E-state index in [0.717, 1.165) is 31.2 Å². The summed E-state index contributed by atoms with van der Waals surface area (Å²) in [5, 5.41) is 9.13. The first-order valence-corrected chi connectivity index (χ1v) is 12.0. The Morgan fingerprint density at radius 1 is 1.00 bits per heavy atom. The predicted molar refractivity (Wildman–Crippen MR) is 126 cm³/mol. The fourth-order valence-corrected chi connectivity index (χ4v) is 5.38. The lowest BCUT2D eigenvalue weighted by Crippen LogP contribution is -2.53. The molecule has 7 nitrogen and oxygen atoms in total. The van der Waals surface area contributed by atoms with Gasteiger partial charge >= 0.3 is 12.1 Å². The Morgan fingerprint density at radius 2 is 1.74 bits per heavy atom. The molecule has 0 spiro atoms. The van der Waals surface area contributed by atoms with Crippen LogP contribution in [0, 0.1) is 5.92 Å². The van der Waals surface area contributed by atoms with Gasteiger partial charge in [0.1, 0.15) is 6.61 Å². The number of ether oxygens (including phenoxy) is 1. The third-order valence-corrected chi connectivity index (χ3v) is 7.00. The number of benzene rings is 2. The van der Waals surface area contributed by atoms with Gasteiger partial charge in [0.2, 0.25) is 5.91 Å². The molecule has 2 aromatic carbocycles. The van der Waals surface area contributed by atoms with Crippen LogP contribution in [0.1, 0.15) is 63.5 Å². The minimum atomic E-state index is -1.36. The zero-order valence-electron chi connectivity index (χ0n) is 20.1. The lowest BCUT2D eigenvalue weighted by molar-refractivity contribution is -0.142. The van der Waals surface area contributed by atoms with E-state index in [2.05, 4.69) is 0 Å². The fourth-order valence-electron chi connectivity index (χ4n) is 5.38. The van der Waals surface area contributed by atoms with Crippen molar-refractivity contribution in [3.63, 3.8) is 0 Å². The maximum atomic E-state index is 13.4. The fraction of sp³-hybridized carbons (Fsp3) is 0.444. The maximum Gasteiger partial charge on any atom is 0.414 e. The standard InChI is InChI=1S/C27H30N2O5/c30-24(15-16-25(31)32)28(19-13-14-19)26-20-9-4-5-11-22(20)29(23-12-6-10-21(23)26)27(33)34-17-18-7-2-1-3-8-18/h1-5,7-9,11,19,21,23,26H,6,10,12-17H2,(H,31,32)/i26D. The van der Waals surface area contributed by atoms with Crippen molar-refractivity contribution in [1.82, 2.24) is 4.90 Å². The van der Waals surface area contributed by atoms with E-state index in [-0.39, 0.29) is 43.4 Å².